The van der Waals surface area contributed by atoms with Crippen molar-refractivity contribution in [2.75, 3.05) is 18.0 Å². The predicted molar refractivity (Wildman–Crippen MR) is 106 cm³/mol. The highest BCUT2D eigenvalue weighted by molar-refractivity contribution is 6.17. The molecule has 2 aromatic carbocycles. The molecule has 144 valence electrons. The normalized spacial score (nSPS) is 17.5. The van der Waals surface area contributed by atoms with Crippen LogP contribution in [0.4, 0.5) is 5.69 Å². The van der Waals surface area contributed by atoms with Crippen molar-refractivity contribution >= 4 is 23.4 Å². The number of para-hydroxylation sites is 1. The number of nitrogens with one attached hydrogen (secondary N) is 1. The van der Waals surface area contributed by atoms with Crippen molar-refractivity contribution in [1.29, 1.82) is 0 Å². The third kappa shape index (κ3) is 2.95. The maximum absolute atomic E-state index is 13.2. The van der Waals surface area contributed by atoms with Crippen molar-refractivity contribution in [2.24, 2.45) is 5.92 Å². The van der Waals surface area contributed by atoms with E-state index < -0.39 is 6.17 Å². The first-order valence-corrected chi connectivity index (χ1v) is 9.58. The van der Waals surface area contributed by atoms with Crippen LogP contribution in [0.2, 0.25) is 0 Å². The van der Waals surface area contributed by atoms with Gasteiger partial charge < -0.3 is 10.2 Å². The molecule has 4 rings (SSSR count). The molecule has 6 nitrogen and oxygen atoms in total. The number of nitrogens with zero attached hydrogens (tertiary/aromatic N) is 2. The second kappa shape index (κ2) is 7.11. The summed E-state index contributed by atoms with van der Waals surface area (Å²) in [4.78, 5) is 41.9. The predicted octanol–water partition coefficient (Wildman–Crippen LogP) is 2.96. The second-order valence-electron chi connectivity index (χ2n) is 7.62. The Balaban J connectivity index is 1.69. The van der Waals surface area contributed by atoms with Crippen molar-refractivity contribution in [3.05, 3.63) is 65.2 Å². The lowest BCUT2D eigenvalue weighted by Gasteiger charge is -2.40. The Hall–Kier alpha value is -3.15. The topological polar surface area (TPSA) is 69.7 Å². The van der Waals surface area contributed by atoms with Crippen LogP contribution in [-0.2, 0) is 4.79 Å². The maximum Gasteiger partial charge on any atom is 0.260 e. The molecule has 1 N–H and O–H groups in total. The van der Waals surface area contributed by atoms with E-state index in [0.29, 0.717) is 29.3 Å². The van der Waals surface area contributed by atoms with E-state index in [1.165, 1.54) is 4.90 Å². The van der Waals surface area contributed by atoms with Gasteiger partial charge in [0.25, 0.3) is 11.8 Å². The molecule has 28 heavy (non-hydrogen) atoms. The van der Waals surface area contributed by atoms with Gasteiger partial charge in [-0.05, 0) is 30.5 Å². The Morgan fingerprint density at radius 1 is 1.00 bits per heavy atom. The second-order valence-corrected chi connectivity index (χ2v) is 7.62. The van der Waals surface area contributed by atoms with Crippen LogP contribution in [0.3, 0.4) is 0 Å². The van der Waals surface area contributed by atoms with Gasteiger partial charge >= 0.3 is 0 Å². The third-order valence-electron chi connectivity index (χ3n) is 5.24. The number of fused-ring (bicyclic) bond motifs is 5. The monoisotopic (exact) mass is 377 g/mol. The smallest absolute Gasteiger partial charge is 0.260 e. The van der Waals surface area contributed by atoms with Gasteiger partial charge in [-0.1, -0.05) is 44.2 Å². The molecule has 2 aliphatic heterocycles. The number of benzene rings is 2. The average molecular weight is 377 g/mol. The summed E-state index contributed by atoms with van der Waals surface area (Å²) in [5.74, 6) is -0.116. The fourth-order valence-corrected chi connectivity index (χ4v) is 3.84. The van der Waals surface area contributed by atoms with Gasteiger partial charge in [-0.2, -0.15) is 0 Å². The summed E-state index contributed by atoms with van der Waals surface area (Å²) in [6, 6.07) is 14.3. The first kappa shape index (κ1) is 18.2. The number of hydrogen-bond donors (Lipinski definition) is 1. The Kier molecular flexibility index (Phi) is 4.63. The summed E-state index contributed by atoms with van der Waals surface area (Å²) < 4.78 is 0. The molecule has 0 saturated carbocycles. The van der Waals surface area contributed by atoms with E-state index in [-0.39, 0.29) is 24.3 Å². The van der Waals surface area contributed by atoms with Crippen LogP contribution in [0.25, 0.3) is 0 Å². The molecular weight excluding hydrogens is 354 g/mol. The van der Waals surface area contributed by atoms with Crippen LogP contribution >= 0.6 is 0 Å². The Bertz CT molecular complexity index is 954. The van der Waals surface area contributed by atoms with Crippen molar-refractivity contribution < 1.29 is 14.4 Å². The molecule has 2 heterocycles. The summed E-state index contributed by atoms with van der Waals surface area (Å²) in [5, 5.41) is 2.88. The highest BCUT2D eigenvalue weighted by atomic mass is 16.2. The number of carbonyl (C=O) groups excluding carboxylic acids is 3. The van der Waals surface area contributed by atoms with Gasteiger partial charge in [0.1, 0.15) is 12.7 Å². The van der Waals surface area contributed by atoms with E-state index >= 15 is 0 Å². The van der Waals surface area contributed by atoms with Gasteiger partial charge in [-0.15, -0.1) is 0 Å². The zero-order valence-corrected chi connectivity index (χ0v) is 16.0. The van der Waals surface area contributed by atoms with Crippen molar-refractivity contribution in [1.82, 2.24) is 10.2 Å². The molecule has 3 amide bonds. The molecule has 0 aromatic heterocycles. The molecule has 1 unspecified atom stereocenters. The zero-order chi connectivity index (χ0) is 19.8. The van der Waals surface area contributed by atoms with Gasteiger partial charge in [-0.25, -0.2) is 0 Å². The van der Waals surface area contributed by atoms with E-state index in [0.717, 1.165) is 12.0 Å². The molecule has 2 aromatic rings. The maximum atomic E-state index is 13.2. The minimum atomic E-state index is -0.595. The van der Waals surface area contributed by atoms with Gasteiger partial charge in [0.2, 0.25) is 5.91 Å². The fourth-order valence-electron chi connectivity index (χ4n) is 3.84. The molecule has 0 fully saturated rings. The van der Waals surface area contributed by atoms with E-state index in [2.05, 4.69) is 19.2 Å². The van der Waals surface area contributed by atoms with Crippen molar-refractivity contribution in [3.8, 4) is 0 Å². The van der Waals surface area contributed by atoms with Crippen molar-refractivity contribution in [2.45, 2.75) is 26.4 Å². The van der Waals surface area contributed by atoms with E-state index in [1.807, 2.05) is 24.3 Å². The molecule has 6 heteroatoms. The SMILES string of the molecule is CC(C)CCNC(=O)CN1C(=O)c2ccccc2N2C(=O)c3ccccc3C12. The van der Waals surface area contributed by atoms with Gasteiger partial charge in [0, 0.05) is 17.7 Å². The summed E-state index contributed by atoms with van der Waals surface area (Å²) in [7, 11) is 0. The van der Waals surface area contributed by atoms with Crippen LogP contribution in [0, 0.1) is 5.92 Å². The molecule has 0 spiro atoms. The largest absolute Gasteiger partial charge is 0.355 e. The van der Waals surface area contributed by atoms with Crippen LogP contribution in [0.5, 0.6) is 0 Å². The van der Waals surface area contributed by atoms with Crippen molar-refractivity contribution in [3.63, 3.8) is 0 Å². The molecule has 0 radical (unpaired) electrons. The van der Waals surface area contributed by atoms with Gasteiger partial charge in [0.05, 0.1) is 11.3 Å². The lowest BCUT2D eigenvalue weighted by atomic mass is 10.0. The number of anilines is 1. The number of carbonyl (C=O) groups is 3. The standard InChI is InChI=1S/C22H23N3O3/c1-14(2)11-12-23-19(26)13-24-20-15-7-3-4-8-16(15)22(28)25(20)18-10-6-5-9-17(18)21(24)27/h3-10,14,20H,11-13H2,1-2H3,(H,23,26). The molecule has 0 bridgehead atoms. The zero-order valence-electron chi connectivity index (χ0n) is 16.0. The average Bonchev–Trinajstić information content (AvgIpc) is 2.98. The number of amides is 3. The first-order valence-electron chi connectivity index (χ1n) is 9.58. The van der Waals surface area contributed by atoms with Gasteiger partial charge in [0.15, 0.2) is 0 Å². The summed E-state index contributed by atoms with van der Waals surface area (Å²) in [6.07, 6.45) is 0.279. The van der Waals surface area contributed by atoms with Crippen LogP contribution in [0.15, 0.2) is 48.5 Å². The molecule has 0 aliphatic carbocycles. The molecule has 2 aliphatic rings. The van der Waals surface area contributed by atoms with Gasteiger partial charge in [-0.3, -0.25) is 19.3 Å². The number of hydrogen-bond acceptors (Lipinski definition) is 3. The lowest BCUT2D eigenvalue weighted by molar-refractivity contribution is -0.122. The lowest BCUT2D eigenvalue weighted by Crippen LogP contribution is -2.51. The van der Waals surface area contributed by atoms with Crippen LogP contribution < -0.4 is 10.2 Å². The fraction of sp³-hybridized carbons (Fsp3) is 0.318. The highest BCUT2D eigenvalue weighted by Crippen LogP contribution is 2.44. The van der Waals surface area contributed by atoms with E-state index in [9.17, 15) is 14.4 Å². The summed E-state index contributed by atoms with van der Waals surface area (Å²) in [5.41, 5.74) is 2.36. The summed E-state index contributed by atoms with van der Waals surface area (Å²) >= 11 is 0. The minimum absolute atomic E-state index is 0.0892. The summed E-state index contributed by atoms with van der Waals surface area (Å²) in [6.45, 7) is 4.67. The quantitative estimate of drug-likeness (QED) is 0.871. The molecule has 1 atom stereocenters. The van der Waals surface area contributed by atoms with E-state index in [1.54, 1.807) is 29.2 Å². The van der Waals surface area contributed by atoms with E-state index in [4.69, 9.17) is 0 Å². The Labute approximate surface area is 164 Å². The first-order chi connectivity index (χ1) is 13.5. The minimum Gasteiger partial charge on any atom is -0.355 e. The third-order valence-corrected chi connectivity index (χ3v) is 5.24. The molecule has 0 saturated heterocycles. The van der Waals surface area contributed by atoms with Crippen LogP contribution in [-0.4, -0.2) is 35.7 Å². The Morgan fingerprint density at radius 2 is 1.68 bits per heavy atom. The Morgan fingerprint density at radius 3 is 2.43 bits per heavy atom. The highest BCUT2D eigenvalue weighted by Gasteiger charge is 2.47. The van der Waals surface area contributed by atoms with Crippen LogP contribution in [0.1, 0.15) is 52.7 Å². The molecular formula is C22H23N3O3. The number of rotatable bonds is 5.